The molecular formula is C20H25NO2. The lowest BCUT2D eigenvalue weighted by molar-refractivity contribution is 0.151. The largest absolute Gasteiger partial charge is 0.489 e. The van der Waals surface area contributed by atoms with Gasteiger partial charge in [-0.3, -0.25) is 0 Å². The monoisotopic (exact) mass is 311 g/mol. The molecule has 2 aromatic rings. The van der Waals surface area contributed by atoms with Gasteiger partial charge in [0.15, 0.2) is 0 Å². The summed E-state index contributed by atoms with van der Waals surface area (Å²) < 4.78 is 5.85. The van der Waals surface area contributed by atoms with Gasteiger partial charge in [-0.2, -0.15) is 0 Å². The van der Waals surface area contributed by atoms with Crippen molar-refractivity contribution in [3.63, 3.8) is 0 Å². The van der Waals surface area contributed by atoms with Gasteiger partial charge >= 0.3 is 0 Å². The third kappa shape index (κ3) is 3.92. The van der Waals surface area contributed by atoms with Crippen LogP contribution in [0.3, 0.4) is 0 Å². The molecule has 122 valence electrons. The summed E-state index contributed by atoms with van der Waals surface area (Å²) in [6.45, 7) is 4.96. The number of nitrogens with one attached hydrogen (secondary N) is 1. The highest BCUT2D eigenvalue weighted by molar-refractivity contribution is 5.31. The second kappa shape index (κ2) is 7.62. The third-order valence-electron chi connectivity index (χ3n) is 4.74. The fourth-order valence-electron chi connectivity index (χ4n) is 3.52. The molecule has 0 saturated carbocycles. The minimum atomic E-state index is 0.230. The molecule has 2 aromatic carbocycles. The maximum absolute atomic E-state index is 9.64. The van der Waals surface area contributed by atoms with Gasteiger partial charge in [-0.1, -0.05) is 49.4 Å². The molecule has 1 heterocycles. The van der Waals surface area contributed by atoms with Crippen molar-refractivity contribution in [3.8, 4) is 5.75 Å². The van der Waals surface area contributed by atoms with E-state index in [1.807, 2.05) is 30.3 Å². The molecule has 0 unspecified atom stereocenters. The van der Waals surface area contributed by atoms with Gasteiger partial charge in [0.05, 0.1) is 0 Å². The SMILES string of the molecule is C[C@H]1CNC[C@@H](CO)[C@H]1c1ccc(OCc2ccccc2)cc1. The second-order valence-electron chi connectivity index (χ2n) is 6.45. The van der Waals surface area contributed by atoms with Crippen LogP contribution in [-0.4, -0.2) is 24.8 Å². The molecule has 0 aromatic heterocycles. The van der Waals surface area contributed by atoms with Gasteiger partial charge in [0.25, 0.3) is 0 Å². The number of hydrogen-bond donors (Lipinski definition) is 2. The molecule has 3 nitrogen and oxygen atoms in total. The zero-order valence-electron chi connectivity index (χ0n) is 13.6. The Morgan fingerprint density at radius 1 is 1.04 bits per heavy atom. The molecule has 0 aliphatic carbocycles. The highest BCUT2D eigenvalue weighted by Gasteiger charge is 2.31. The maximum atomic E-state index is 9.64. The lowest BCUT2D eigenvalue weighted by Gasteiger charge is -2.36. The lowest BCUT2D eigenvalue weighted by atomic mass is 9.75. The summed E-state index contributed by atoms with van der Waals surface area (Å²) >= 11 is 0. The van der Waals surface area contributed by atoms with E-state index in [1.54, 1.807) is 0 Å². The summed E-state index contributed by atoms with van der Waals surface area (Å²) in [5.74, 6) is 2.11. The van der Waals surface area contributed by atoms with E-state index < -0.39 is 0 Å². The van der Waals surface area contributed by atoms with E-state index in [9.17, 15) is 5.11 Å². The predicted octanol–water partition coefficient (Wildman–Crippen LogP) is 3.20. The zero-order valence-corrected chi connectivity index (χ0v) is 13.6. The van der Waals surface area contributed by atoms with Gasteiger partial charge in [-0.25, -0.2) is 0 Å². The van der Waals surface area contributed by atoms with Crippen molar-refractivity contribution in [1.82, 2.24) is 5.32 Å². The van der Waals surface area contributed by atoms with Crippen LogP contribution >= 0.6 is 0 Å². The first-order valence-electron chi connectivity index (χ1n) is 8.36. The highest BCUT2D eigenvalue weighted by Crippen LogP contribution is 2.35. The van der Waals surface area contributed by atoms with Crippen LogP contribution in [0.2, 0.25) is 0 Å². The van der Waals surface area contributed by atoms with Gasteiger partial charge in [-0.05, 0) is 41.6 Å². The van der Waals surface area contributed by atoms with Crippen LogP contribution in [0.25, 0.3) is 0 Å². The Kier molecular flexibility index (Phi) is 5.31. The third-order valence-corrected chi connectivity index (χ3v) is 4.74. The average Bonchev–Trinajstić information content (AvgIpc) is 2.61. The van der Waals surface area contributed by atoms with E-state index in [-0.39, 0.29) is 12.5 Å². The van der Waals surface area contributed by atoms with Crippen LogP contribution in [-0.2, 0) is 6.61 Å². The first-order chi connectivity index (χ1) is 11.3. The van der Waals surface area contributed by atoms with Gasteiger partial charge in [0.1, 0.15) is 12.4 Å². The van der Waals surface area contributed by atoms with E-state index in [4.69, 9.17) is 4.74 Å². The van der Waals surface area contributed by atoms with Crippen molar-refractivity contribution in [3.05, 3.63) is 65.7 Å². The fraction of sp³-hybridized carbons (Fsp3) is 0.400. The van der Waals surface area contributed by atoms with Gasteiger partial charge in [0, 0.05) is 19.1 Å². The summed E-state index contributed by atoms with van der Waals surface area (Å²) in [6, 6.07) is 18.6. The Balaban J connectivity index is 1.66. The van der Waals surface area contributed by atoms with Crippen LogP contribution in [0.15, 0.2) is 54.6 Å². The molecule has 0 spiro atoms. The summed E-state index contributed by atoms with van der Waals surface area (Å²) in [4.78, 5) is 0. The van der Waals surface area contributed by atoms with E-state index >= 15 is 0 Å². The van der Waals surface area contributed by atoms with Gasteiger partial charge in [-0.15, -0.1) is 0 Å². The number of ether oxygens (including phenoxy) is 1. The normalized spacial score (nSPS) is 24.3. The smallest absolute Gasteiger partial charge is 0.119 e. The summed E-state index contributed by atoms with van der Waals surface area (Å²) in [7, 11) is 0. The van der Waals surface area contributed by atoms with E-state index in [0.29, 0.717) is 18.4 Å². The molecule has 3 rings (SSSR count). The first kappa shape index (κ1) is 16.0. The Hall–Kier alpha value is -1.84. The molecule has 0 bridgehead atoms. The Labute approximate surface area is 138 Å². The summed E-state index contributed by atoms with van der Waals surface area (Å²) in [5, 5.41) is 13.0. The van der Waals surface area contributed by atoms with Crippen LogP contribution in [0.1, 0.15) is 24.0 Å². The zero-order chi connectivity index (χ0) is 16.1. The van der Waals surface area contributed by atoms with Crippen molar-refractivity contribution in [2.75, 3.05) is 19.7 Å². The topological polar surface area (TPSA) is 41.5 Å². The van der Waals surface area contributed by atoms with E-state index in [2.05, 4.69) is 36.5 Å². The second-order valence-corrected chi connectivity index (χ2v) is 6.45. The number of aliphatic hydroxyl groups is 1. The minimum absolute atomic E-state index is 0.230. The number of aliphatic hydroxyl groups excluding tert-OH is 1. The molecule has 1 fully saturated rings. The Morgan fingerprint density at radius 2 is 1.78 bits per heavy atom. The maximum Gasteiger partial charge on any atom is 0.119 e. The number of rotatable bonds is 5. The molecule has 0 radical (unpaired) electrons. The molecule has 1 saturated heterocycles. The number of piperidine rings is 1. The van der Waals surface area contributed by atoms with Crippen molar-refractivity contribution in [2.24, 2.45) is 11.8 Å². The molecule has 3 atom stereocenters. The first-order valence-corrected chi connectivity index (χ1v) is 8.36. The van der Waals surface area contributed by atoms with Crippen molar-refractivity contribution in [1.29, 1.82) is 0 Å². The summed E-state index contributed by atoms with van der Waals surface area (Å²) in [6.07, 6.45) is 0. The average molecular weight is 311 g/mol. The molecule has 1 aliphatic heterocycles. The van der Waals surface area contributed by atoms with Crippen LogP contribution < -0.4 is 10.1 Å². The van der Waals surface area contributed by atoms with Crippen LogP contribution in [0.5, 0.6) is 5.75 Å². The van der Waals surface area contributed by atoms with Crippen molar-refractivity contribution < 1.29 is 9.84 Å². The molecule has 2 N–H and O–H groups in total. The van der Waals surface area contributed by atoms with E-state index in [1.165, 1.54) is 11.1 Å². The summed E-state index contributed by atoms with van der Waals surface area (Å²) in [5.41, 5.74) is 2.47. The fourth-order valence-corrected chi connectivity index (χ4v) is 3.52. The number of benzene rings is 2. The van der Waals surface area contributed by atoms with Crippen molar-refractivity contribution >= 4 is 0 Å². The Bertz CT molecular complexity index is 597. The molecule has 3 heteroatoms. The predicted molar refractivity (Wildman–Crippen MR) is 92.6 cm³/mol. The minimum Gasteiger partial charge on any atom is -0.489 e. The molecule has 1 aliphatic rings. The van der Waals surface area contributed by atoms with Crippen LogP contribution in [0, 0.1) is 11.8 Å². The van der Waals surface area contributed by atoms with Crippen molar-refractivity contribution in [2.45, 2.75) is 19.4 Å². The molecular weight excluding hydrogens is 286 g/mol. The quantitative estimate of drug-likeness (QED) is 0.891. The molecule has 0 amide bonds. The highest BCUT2D eigenvalue weighted by atomic mass is 16.5. The van der Waals surface area contributed by atoms with Gasteiger partial charge in [0.2, 0.25) is 0 Å². The lowest BCUT2D eigenvalue weighted by Crippen LogP contribution is -2.42. The van der Waals surface area contributed by atoms with Gasteiger partial charge < -0.3 is 15.2 Å². The Morgan fingerprint density at radius 3 is 2.48 bits per heavy atom. The van der Waals surface area contributed by atoms with Crippen LogP contribution in [0.4, 0.5) is 0 Å². The molecule has 23 heavy (non-hydrogen) atoms. The standard InChI is InChI=1S/C20H25NO2/c1-15-11-21-12-18(13-22)20(15)17-7-9-19(10-8-17)23-14-16-5-3-2-4-6-16/h2-10,15,18,20-22H,11-14H2,1H3/t15-,18-,20+/m0/s1. The number of hydrogen-bond acceptors (Lipinski definition) is 3. The van der Waals surface area contributed by atoms with E-state index in [0.717, 1.165) is 18.8 Å².